The van der Waals surface area contributed by atoms with Crippen molar-refractivity contribution in [2.45, 2.75) is 31.7 Å². The van der Waals surface area contributed by atoms with Crippen LogP contribution >= 0.6 is 11.8 Å². The maximum atomic E-state index is 5.34. The van der Waals surface area contributed by atoms with Crippen LogP contribution in [0.1, 0.15) is 36.4 Å². The van der Waals surface area contributed by atoms with Crippen LogP contribution in [0.4, 0.5) is 0 Å². The number of fused-ring (bicyclic) bond motifs is 1. The number of hydrogen-bond donors (Lipinski definition) is 1. The van der Waals surface area contributed by atoms with Gasteiger partial charge in [-0.3, -0.25) is 0 Å². The first-order chi connectivity index (χ1) is 8.85. The summed E-state index contributed by atoms with van der Waals surface area (Å²) in [6, 6.07) is 7.03. The van der Waals surface area contributed by atoms with Crippen LogP contribution in [0.5, 0.6) is 5.75 Å². The summed E-state index contributed by atoms with van der Waals surface area (Å²) in [5.74, 6) is 2.22. The molecule has 0 radical (unpaired) electrons. The van der Waals surface area contributed by atoms with Crippen LogP contribution in [-0.4, -0.2) is 25.7 Å². The maximum absolute atomic E-state index is 5.34. The number of benzene rings is 1. The van der Waals surface area contributed by atoms with Gasteiger partial charge in [-0.05, 0) is 67.5 Å². The van der Waals surface area contributed by atoms with Gasteiger partial charge in [0.15, 0.2) is 0 Å². The van der Waals surface area contributed by atoms with Crippen LogP contribution in [0, 0.1) is 0 Å². The average Bonchev–Trinajstić information content (AvgIpc) is 2.43. The molecule has 1 aromatic carbocycles. The summed E-state index contributed by atoms with van der Waals surface area (Å²) in [6.07, 6.45) is 7.17. The molecule has 18 heavy (non-hydrogen) atoms. The molecule has 1 N–H and O–H groups in total. The molecule has 1 aromatic rings. The van der Waals surface area contributed by atoms with Crippen LogP contribution in [0.15, 0.2) is 18.2 Å². The topological polar surface area (TPSA) is 21.3 Å². The van der Waals surface area contributed by atoms with E-state index >= 15 is 0 Å². The highest BCUT2D eigenvalue weighted by atomic mass is 32.2. The normalized spacial score (nSPS) is 18.4. The van der Waals surface area contributed by atoms with Crippen molar-refractivity contribution in [1.82, 2.24) is 5.32 Å². The minimum atomic E-state index is 0.519. The third-order valence-corrected chi connectivity index (χ3v) is 4.28. The van der Waals surface area contributed by atoms with Crippen molar-refractivity contribution in [2.24, 2.45) is 0 Å². The van der Waals surface area contributed by atoms with Crippen molar-refractivity contribution in [3.63, 3.8) is 0 Å². The monoisotopic (exact) mass is 265 g/mol. The lowest BCUT2D eigenvalue weighted by Crippen LogP contribution is -2.26. The molecule has 0 aromatic heterocycles. The van der Waals surface area contributed by atoms with Gasteiger partial charge >= 0.3 is 0 Å². The first-order valence-electron chi connectivity index (χ1n) is 6.74. The van der Waals surface area contributed by atoms with Crippen molar-refractivity contribution >= 4 is 11.8 Å². The minimum Gasteiger partial charge on any atom is -0.497 e. The van der Waals surface area contributed by atoms with E-state index in [9.17, 15) is 0 Å². The first kappa shape index (κ1) is 13.8. The molecule has 2 nitrogen and oxygen atoms in total. The van der Waals surface area contributed by atoms with Gasteiger partial charge in [0, 0.05) is 6.04 Å². The van der Waals surface area contributed by atoms with Gasteiger partial charge in [0.25, 0.3) is 0 Å². The van der Waals surface area contributed by atoms with Gasteiger partial charge in [0.1, 0.15) is 5.75 Å². The number of rotatable bonds is 6. The lowest BCUT2D eigenvalue weighted by Gasteiger charge is -2.27. The Hall–Kier alpha value is -0.670. The smallest absolute Gasteiger partial charge is 0.119 e. The van der Waals surface area contributed by atoms with E-state index in [1.165, 1.54) is 42.6 Å². The van der Waals surface area contributed by atoms with Gasteiger partial charge in [-0.2, -0.15) is 11.8 Å². The zero-order chi connectivity index (χ0) is 12.8. The van der Waals surface area contributed by atoms with Gasteiger partial charge in [0.05, 0.1) is 7.11 Å². The molecule has 0 spiro atoms. The van der Waals surface area contributed by atoms with Crippen molar-refractivity contribution in [3.8, 4) is 5.75 Å². The zero-order valence-corrected chi connectivity index (χ0v) is 12.2. The lowest BCUT2D eigenvalue weighted by molar-refractivity contribution is 0.409. The van der Waals surface area contributed by atoms with E-state index in [0.29, 0.717) is 6.04 Å². The predicted octanol–water partition coefficient (Wildman–Crippen LogP) is 3.42. The molecule has 0 bridgehead atoms. The van der Waals surface area contributed by atoms with Crippen LogP contribution in [0.2, 0.25) is 0 Å². The van der Waals surface area contributed by atoms with Crippen LogP contribution in [-0.2, 0) is 6.42 Å². The Labute approximate surface area is 114 Å². The third kappa shape index (κ3) is 3.42. The van der Waals surface area contributed by atoms with Crippen molar-refractivity contribution < 1.29 is 4.74 Å². The molecule has 0 saturated heterocycles. The van der Waals surface area contributed by atoms with E-state index in [2.05, 4.69) is 29.8 Å². The van der Waals surface area contributed by atoms with Gasteiger partial charge in [-0.1, -0.05) is 6.07 Å². The predicted molar refractivity (Wildman–Crippen MR) is 79.7 cm³/mol. The second-order valence-corrected chi connectivity index (χ2v) is 5.80. The van der Waals surface area contributed by atoms with Gasteiger partial charge in [-0.15, -0.1) is 0 Å². The number of nitrogens with one attached hydrogen (secondary N) is 1. The molecule has 100 valence electrons. The van der Waals surface area contributed by atoms with Gasteiger partial charge in [-0.25, -0.2) is 0 Å². The Bertz CT molecular complexity index is 381. The molecule has 3 heteroatoms. The van der Waals surface area contributed by atoms with E-state index in [0.717, 1.165) is 12.3 Å². The molecule has 2 rings (SSSR count). The Kier molecular flexibility index (Phi) is 5.39. The molecule has 0 heterocycles. The van der Waals surface area contributed by atoms with Crippen LogP contribution in [0.25, 0.3) is 0 Å². The highest BCUT2D eigenvalue weighted by Crippen LogP contribution is 2.32. The molecule has 1 aliphatic rings. The summed E-state index contributed by atoms with van der Waals surface area (Å²) in [7, 11) is 1.74. The number of hydrogen-bond acceptors (Lipinski definition) is 3. The SMILES string of the molecule is COc1ccc2c(c1)C(NCCCSC)CCC2. The van der Waals surface area contributed by atoms with E-state index in [1.807, 2.05) is 11.8 Å². The third-order valence-electron chi connectivity index (χ3n) is 3.58. The zero-order valence-electron chi connectivity index (χ0n) is 11.4. The summed E-state index contributed by atoms with van der Waals surface area (Å²) in [5, 5.41) is 3.70. The summed E-state index contributed by atoms with van der Waals surface area (Å²) in [5.41, 5.74) is 2.94. The van der Waals surface area contributed by atoms with E-state index in [1.54, 1.807) is 7.11 Å². The van der Waals surface area contributed by atoms with Crippen molar-refractivity contribution in [1.29, 1.82) is 0 Å². The Morgan fingerprint density at radius 3 is 3.11 bits per heavy atom. The fourth-order valence-corrected chi connectivity index (χ4v) is 3.04. The molecule has 1 aliphatic carbocycles. The lowest BCUT2D eigenvalue weighted by atomic mass is 9.87. The van der Waals surface area contributed by atoms with E-state index in [-0.39, 0.29) is 0 Å². The van der Waals surface area contributed by atoms with E-state index < -0.39 is 0 Å². The molecular formula is C15H23NOS. The average molecular weight is 265 g/mol. The molecule has 0 aliphatic heterocycles. The number of thioether (sulfide) groups is 1. The second-order valence-electron chi connectivity index (χ2n) is 4.81. The fourth-order valence-electron chi connectivity index (χ4n) is 2.61. The number of aryl methyl sites for hydroxylation is 1. The summed E-state index contributed by atoms with van der Waals surface area (Å²) >= 11 is 1.92. The van der Waals surface area contributed by atoms with E-state index in [4.69, 9.17) is 4.74 Å². The summed E-state index contributed by atoms with van der Waals surface area (Å²) in [6.45, 7) is 1.11. The number of methoxy groups -OCH3 is 1. The van der Waals surface area contributed by atoms with Gasteiger partial charge in [0.2, 0.25) is 0 Å². The highest BCUT2D eigenvalue weighted by Gasteiger charge is 2.19. The van der Waals surface area contributed by atoms with Crippen LogP contribution in [0.3, 0.4) is 0 Å². The maximum Gasteiger partial charge on any atom is 0.119 e. The largest absolute Gasteiger partial charge is 0.497 e. The quantitative estimate of drug-likeness (QED) is 0.796. The standard InChI is InChI=1S/C15H23NOS/c1-17-13-8-7-12-5-3-6-15(14(12)11-13)16-9-4-10-18-2/h7-8,11,15-16H,3-6,9-10H2,1-2H3. The second kappa shape index (κ2) is 7.05. The van der Waals surface area contributed by atoms with Crippen molar-refractivity contribution in [3.05, 3.63) is 29.3 Å². The van der Waals surface area contributed by atoms with Gasteiger partial charge < -0.3 is 10.1 Å². The molecule has 1 unspecified atom stereocenters. The summed E-state index contributed by atoms with van der Waals surface area (Å²) < 4.78 is 5.34. The summed E-state index contributed by atoms with van der Waals surface area (Å²) in [4.78, 5) is 0. The molecule has 0 saturated carbocycles. The Morgan fingerprint density at radius 2 is 2.33 bits per heavy atom. The fraction of sp³-hybridized carbons (Fsp3) is 0.600. The molecular weight excluding hydrogens is 242 g/mol. The van der Waals surface area contributed by atoms with Crippen LogP contribution < -0.4 is 10.1 Å². The molecule has 1 atom stereocenters. The first-order valence-corrected chi connectivity index (χ1v) is 8.13. The Morgan fingerprint density at radius 1 is 1.44 bits per heavy atom. The minimum absolute atomic E-state index is 0.519. The number of ether oxygens (including phenoxy) is 1. The Balaban J connectivity index is 2.01. The highest BCUT2D eigenvalue weighted by molar-refractivity contribution is 7.98. The van der Waals surface area contributed by atoms with Crippen molar-refractivity contribution in [2.75, 3.05) is 25.7 Å². The molecule has 0 fully saturated rings. The molecule has 0 amide bonds.